The van der Waals surface area contributed by atoms with Crippen molar-refractivity contribution in [3.8, 4) is 0 Å². The second-order valence-electron chi connectivity index (χ2n) is 2.39. The third-order valence-electron chi connectivity index (χ3n) is 1.47. The maximum atomic E-state index is 5.41. The van der Waals surface area contributed by atoms with Crippen molar-refractivity contribution in [1.82, 2.24) is 9.97 Å². The largest absolute Gasteiger partial charge is 0.373 e. The summed E-state index contributed by atoms with van der Waals surface area (Å²) in [7, 11) is 1.81. The molecule has 12 heavy (non-hydrogen) atoms. The molecule has 66 valence electrons. The molecule has 0 saturated carbocycles. The van der Waals surface area contributed by atoms with Gasteiger partial charge in [0.1, 0.15) is 5.82 Å². The van der Waals surface area contributed by atoms with Crippen LogP contribution >= 0.6 is 12.2 Å². The summed E-state index contributed by atoms with van der Waals surface area (Å²) in [4.78, 5) is 7.01. The summed E-state index contributed by atoms with van der Waals surface area (Å²) in [5, 5.41) is 2.93. The molecule has 0 aliphatic carbocycles. The molecule has 0 atom stereocenters. The summed E-state index contributed by atoms with van der Waals surface area (Å²) in [6.07, 6.45) is 0.792. The van der Waals surface area contributed by atoms with Crippen LogP contribution in [0.5, 0.6) is 0 Å². The lowest BCUT2D eigenvalue weighted by atomic mass is 10.3. The van der Waals surface area contributed by atoms with Gasteiger partial charge in [0, 0.05) is 12.7 Å². The molecule has 4 N–H and O–H groups in total. The Kier molecular flexibility index (Phi) is 3.19. The van der Waals surface area contributed by atoms with Gasteiger partial charge in [0.05, 0.1) is 0 Å². The normalized spacial score (nSPS) is 9.83. The Balaban J connectivity index is 2.98. The molecule has 1 rings (SSSR count). The van der Waals surface area contributed by atoms with E-state index in [0.717, 1.165) is 17.9 Å². The van der Waals surface area contributed by atoms with Crippen LogP contribution in [-0.4, -0.2) is 23.6 Å². The van der Waals surface area contributed by atoms with Crippen molar-refractivity contribution in [2.45, 2.75) is 6.42 Å². The minimum absolute atomic E-state index is 0.491. The van der Waals surface area contributed by atoms with E-state index in [1.165, 1.54) is 0 Å². The van der Waals surface area contributed by atoms with Crippen LogP contribution in [0.2, 0.25) is 0 Å². The van der Waals surface area contributed by atoms with Gasteiger partial charge in [-0.25, -0.2) is 4.98 Å². The van der Waals surface area contributed by atoms with Gasteiger partial charge in [0.15, 0.2) is 4.77 Å². The molecule has 0 saturated heterocycles. The van der Waals surface area contributed by atoms with Crippen LogP contribution in [0.15, 0.2) is 6.07 Å². The van der Waals surface area contributed by atoms with Crippen LogP contribution in [0, 0.1) is 4.77 Å². The third kappa shape index (κ3) is 2.28. The molecule has 0 spiro atoms. The number of nitrogens with one attached hydrogen (secondary N) is 2. The molecule has 1 aromatic heterocycles. The molecule has 0 bridgehead atoms. The van der Waals surface area contributed by atoms with E-state index in [2.05, 4.69) is 15.3 Å². The minimum Gasteiger partial charge on any atom is -0.373 e. The van der Waals surface area contributed by atoms with Crippen molar-refractivity contribution in [3.05, 3.63) is 16.5 Å². The highest BCUT2D eigenvalue weighted by molar-refractivity contribution is 7.71. The van der Waals surface area contributed by atoms with Crippen molar-refractivity contribution < 1.29 is 0 Å². The molecule has 0 aliphatic heterocycles. The molecular formula is C7H12N4S. The maximum Gasteiger partial charge on any atom is 0.198 e. The summed E-state index contributed by atoms with van der Waals surface area (Å²) >= 11 is 4.92. The van der Waals surface area contributed by atoms with E-state index in [-0.39, 0.29) is 0 Å². The fourth-order valence-electron chi connectivity index (χ4n) is 0.926. The highest BCUT2D eigenvalue weighted by atomic mass is 32.1. The Morgan fingerprint density at radius 1 is 1.75 bits per heavy atom. The highest BCUT2D eigenvalue weighted by Crippen LogP contribution is 2.03. The highest BCUT2D eigenvalue weighted by Gasteiger charge is 1.95. The summed E-state index contributed by atoms with van der Waals surface area (Å²) in [5.41, 5.74) is 6.42. The molecule has 1 aromatic rings. The van der Waals surface area contributed by atoms with Gasteiger partial charge in [-0.3, -0.25) is 0 Å². The van der Waals surface area contributed by atoms with E-state index < -0.39 is 0 Å². The topological polar surface area (TPSA) is 66.7 Å². The molecular weight excluding hydrogens is 172 g/mol. The fraction of sp³-hybridized carbons (Fsp3) is 0.429. The van der Waals surface area contributed by atoms with Crippen LogP contribution in [0.25, 0.3) is 0 Å². The first-order valence-electron chi connectivity index (χ1n) is 3.74. The summed E-state index contributed by atoms with van der Waals surface area (Å²) in [5.74, 6) is 0.780. The number of hydrogen-bond acceptors (Lipinski definition) is 4. The Labute approximate surface area is 76.2 Å². The Morgan fingerprint density at radius 3 is 3.08 bits per heavy atom. The SMILES string of the molecule is CNc1cc(CCN)[nH]c(=S)n1. The van der Waals surface area contributed by atoms with E-state index in [1.54, 1.807) is 0 Å². The lowest BCUT2D eigenvalue weighted by Crippen LogP contribution is -2.06. The van der Waals surface area contributed by atoms with Crippen LogP contribution in [0.4, 0.5) is 5.82 Å². The van der Waals surface area contributed by atoms with Crippen molar-refractivity contribution >= 4 is 18.0 Å². The zero-order chi connectivity index (χ0) is 8.97. The maximum absolute atomic E-state index is 5.41. The zero-order valence-corrected chi connectivity index (χ0v) is 7.74. The first kappa shape index (κ1) is 9.15. The molecule has 0 unspecified atom stereocenters. The smallest absolute Gasteiger partial charge is 0.198 e. The lowest BCUT2D eigenvalue weighted by molar-refractivity contribution is 0.904. The molecule has 5 heteroatoms. The van der Waals surface area contributed by atoms with E-state index in [0.29, 0.717) is 11.3 Å². The molecule has 0 radical (unpaired) electrons. The first-order valence-corrected chi connectivity index (χ1v) is 4.15. The Hall–Kier alpha value is -0.940. The Morgan fingerprint density at radius 2 is 2.50 bits per heavy atom. The predicted molar refractivity (Wildman–Crippen MR) is 51.7 cm³/mol. The average molecular weight is 184 g/mol. The third-order valence-corrected chi connectivity index (χ3v) is 1.66. The van der Waals surface area contributed by atoms with Crippen LogP contribution in [0.3, 0.4) is 0 Å². The molecule has 0 amide bonds. The second kappa shape index (κ2) is 4.18. The number of rotatable bonds is 3. The van der Waals surface area contributed by atoms with Gasteiger partial charge in [-0.15, -0.1) is 0 Å². The quantitative estimate of drug-likeness (QED) is 0.604. The first-order chi connectivity index (χ1) is 5.76. The molecule has 0 aromatic carbocycles. The van der Waals surface area contributed by atoms with Crippen LogP contribution in [-0.2, 0) is 6.42 Å². The molecule has 0 aliphatic rings. The number of aromatic amines is 1. The van der Waals surface area contributed by atoms with Gasteiger partial charge in [-0.2, -0.15) is 0 Å². The van der Waals surface area contributed by atoms with Gasteiger partial charge < -0.3 is 16.0 Å². The van der Waals surface area contributed by atoms with Crippen molar-refractivity contribution in [1.29, 1.82) is 0 Å². The van der Waals surface area contributed by atoms with E-state index in [4.69, 9.17) is 18.0 Å². The van der Waals surface area contributed by atoms with Gasteiger partial charge in [-0.05, 0) is 31.2 Å². The number of H-pyrrole nitrogens is 1. The second-order valence-corrected chi connectivity index (χ2v) is 2.77. The zero-order valence-electron chi connectivity index (χ0n) is 6.92. The lowest BCUT2D eigenvalue weighted by Gasteiger charge is -2.02. The van der Waals surface area contributed by atoms with Crippen molar-refractivity contribution in [3.63, 3.8) is 0 Å². The summed E-state index contributed by atoms with van der Waals surface area (Å²) in [6.45, 7) is 0.610. The van der Waals surface area contributed by atoms with Gasteiger partial charge in [0.2, 0.25) is 0 Å². The number of anilines is 1. The van der Waals surface area contributed by atoms with Gasteiger partial charge in [0.25, 0.3) is 0 Å². The number of nitrogens with two attached hydrogens (primary N) is 1. The Bertz CT molecular complexity index is 307. The average Bonchev–Trinajstić information content (AvgIpc) is 2.04. The fourth-order valence-corrected chi connectivity index (χ4v) is 1.16. The van der Waals surface area contributed by atoms with Crippen LogP contribution < -0.4 is 11.1 Å². The number of aromatic nitrogens is 2. The minimum atomic E-state index is 0.491. The molecule has 1 heterocycles. The summed E-state index contributed by atoms with van der Waals surface area (Å²) < 4.78 is 0.491. The number of nitrogens with zero attached hydrogens (tertiary/aromatic N) is 1. The van der Waals surface area contributed by atoms with E-state index in [1.807, 2.05) is 13.1 Å². The monoisotopic (exact) mass is 184 g/mol. The predicted octanol–water partition coefficient (Wildman–Crippen LogP) is 0.682. The number of hydrogen-bond donors (Lipinski definition) is 3. The van der Waals surface area contributed by atoms with Gasteiger partial charge >= 0.3 is 0 Å². The molecule has 0 fully saturated rings. The van der Waals surface area contributed by atoms with Gasteiger partial charge in [-0.1, -0.05) is 0 Å². The van der Waals surface area contributed by atoms with Crippen molar-refractivity contribution in [2.75, 3.05) is 18.9 Å². The standard InChI is InChI=1S/C7H12N4S/c1-9-6-4-5(2-3-8)10-7(12)11-6/h4H,2-3,8H2,1H3,(H2,9,10,11,12). The molecule has 4 nitrogen and oxygen atoms in total. The van der Waals surface area contributed by atoms with Crippen LogP contribution in [0.1, 0.15) is 5.69 Å². The van der Waals surface area contributed by atoms with Crippen molar-refractivity contribution in [2.24, 2.45) is 5.73 Å². The van der Waals surface area contributed by atoms with E-state index >= 15 is 0 Å². The van der Waals surface area contributed by atoms with E-state index in [9.17, 15) is 0 Å². The summed E-state index contributed by atoms with van der Waals surface area (Å²) in [6, 6.07) is 1.91.